The molecule has 0 spiro atoms. The molecule has 1 fully saturated rings. The first kappa shape index (κ1) is 18.4. The van der Waals surface area contributed by atoms with Crippen LogP contribution in [-0.4, -0.2) is 45.8 Å². The van der Waals surface area contributed by atoms with Gasteiger partial charge in [0, 0.05) is 26.7 Å². The number of aryl methyl sites for hydroxylation is 1. The molecule has 1 N–H and O–H groups in total. The van der Waals surface area contributed by atoms with Crippen molar-refractivity contribution in [2.45, 2.75) is 45.7 Å². The van der Waals surface area contributed by atoms with Crippen LogP contribution in [0.15, 0.2) is 41.7 Å². The molecular weight excluding hydrogens is 324 g/mol. The lowest BCUT2D eigenvalue weighted by molar-refractivity contribution is 0.215. The van der Waals surface area contributed by atoms with Gasteiger partial charge in [0.1, 0.15) is 6.33 Å². The Balaban J connectivity index is 1.63. The Morgan fingerprint density at radius 1 is 1.27 bits per heavy atom. The van der Waals surface area contributed by atoms with Gasteiger partial charge in [0.05, 0.1) is 6.54 Å². The van der Waals surface area contributed by atoms with Crippen LogP contribution in [0.4, 0.5) is 0 Å². The number of guanidine groups is 1. The summed E-state index contributed by atoms with van der Waals surface area (Å²) in [6.07, 6.45) is 4.11. The first-order valence-electron chi connectivity index (χ1n) is 9.64. The quantitative estimate of drug-likeness (QED) is 0.663. The van der Waals surface area contributed by atoms with Gasteiger partial charge in [-0.1, -0.05) is 43.7 Å². The zero-order chi connectivity index (χ0) is 18.4. The monoisotopic (exact) mass is 354 g/mol. The highest BCUT2D eigenvalue weighted by atomic mass is 15.3. The van der Waals surface area contributed by atoms with Crippen molar-refractivity contribution < 1.29 is 0 Å². The number of rotatable bonds is 5. The molecule has 1 aliphatic rings. The fourth-order valence-electron chi connectivity index (χ4n) is 3.95. The van der Waals surface area contributed by atoms with E-state index in [1.54, 1.807) is 6.33 Å². The highest BCUT2D eigenvalue weighted by Gasteiger charge is 2.30. The summed E-state index contributed by atoms with van der Waals surface area (Å²) in [6.45, 7) is 7.98. The normalized spacial score (nSPS) is 21.0. The minimum atomic E-state index is 0.638. The van der Waals surface area contributed by atoms with Gasteiger partial charge in [-0.25, -0.2) is 0 Å². The lowest BCUT2D eigenvalue weighted by Gasteiger charge is -2.40. The molecule has 2 aromatic rings. The maximum atomic E-state index is 4.51. The maximum Gasteiger partial charge on any atom is 0.194 e. The standard InChI is InChI=1S/C20H30N6/c1-4-16-14-26(12-11-18(16)17-9-7-6-8-10-17)20(21-3)22-13-19-24-23-15-25(19)5-2/h6-10,15-16,18H,4-5,11-14H2,1-3H3,(H,21,22). The second-order valence-corrected chi connectivity index (χ2v) is 6.85. The molecule has 2 atom stereocenters. The topological polar surface area (TPSA) is 58.3 Å². The third-order valence-corrected chi connectivity index (χ3v) is 5.44. The van der Waals surface area contributed by atoms with Gasteiger partial charge in [0.2, 0.25) is 0 Å². The van der Waals surface area contributed by atoms with Crippen LogP contribution < -0.4 is 5.32 Å². The maximum absolute atomic E-state index is 4.51. The van der Waals surface area contributed by atoms with Gasteiger partial charge in [0.15, 0.2) is 11.8 Å². The minimum absolute atomic E-state index is 0.638. The molecule has 0 amide bonds. The van der Waals surface area contributed by atoms with Crippen molar-refractivity contribution in [2.75, 3.05) is 20.1 Å². The minimum Gasteiger partial charge on any atom is -0.349 e. The van der Waals surface area contributed by atoms with E-state index in [1.165, 1.54) is 12.0 Å². The fourth-order valence-corrected chi connectivity index (χ4v) is 3.95. The molecule has 6 heteroatoms. The van der Waals surface area contributed by atoms with Crippen LogP contribution in [0.3, 0.4) is 0 Å². The molecule has 3 rings (SSSR count). The third kappa shape index (κ3) is 4.06. The number of hydrogen-bond acceptors (Lipinski definition) is 3. The van der Waals surface area contributed by atoms with Crippen molar-refractivity contribution >= 4 is 5.96 Å². The summed E-state index contributed by atoms with van der Waals surface area (Å²) < 4.78 is 2.05. The van der Waals surface area contributed by atoms with E-state index in [9.17, 15) is 0 Å². The first-order chi connectivity index (χ1) is 12.8. The van der Waals surface area contributed by atoms with Crippen molar-refractivity contribution in [1.82, 2.24) is 25.0 Å². The average molecular weight is 355 g/mol. The van der Waals surface area contributed by atoms with Gasteiger partial charge >= 0.3 is 0 Å². The van der Waals surface area contributed by atoms with Crippen LogP contribution in [0.5, 0.6) is 0 Å². The van der Waals surface area contributed by atoms with Crippen LogP contribution in [0.2, 0.25) is 0 Å². The largest absolute Gasteiger partial charge is 0.349 e. The van der Waals surface area contributed by atoms with E-state index in [2.05, 4.69) is 74.2 Å². The first-order valence-corrected chi connectivity index (χ1v) is 9.64. The molecule has 6 nitrogen and oxygen atoms in total. The van der Waals surface area contributed by atoms with Gasteiger partial charge in [-0.15, -0.1) is 10.2 Å². The number of nitrogens with one attached hydrogen (secondary N) is 1. The van der Waals surface area contributed by atoms with E-state index < -0.39 is 0 Å². The number of likely N-dealkylation sites (tertiary alicyclic amines) is 1. The molecule has 26 heavy (non-hydrogen) atoms. The Morgan fingerprint density at radius 2 is 2.08 bits per heavy atom. The van der Waals surface area contributed by atoms with Crippen molar-refractivity contribution in [1.29, 1.82) is 0 Å². The van der Waals surface area contributed by atoms with Crippen LogP contribution in [0.1, 0.15) is 44.0 Å². The SMILES string of the molecule is CCC1CN(C(=NC)NCc2nncn2CC)CCC1c1ccccc1. The Labute approximate surface area is 156 Å². The molecule has 0 saturated carbocycles. The summed E-state index contributed by atoms with van der Waals surface area (Å²) in [5.74, 6) is 3.18. The number of nitrogens with zero attached hydrogens (tertiary/aromatic N) is 5. The number of hydrogen-bond donors (Lipinski definition) is 1. The fraction of sp³-hybridized carbons (Fsp3) is 0.550. The second kappa shape index (κ2) is 8.83. The predicted octanol–water partition coefficient (Wildman–Crippen LogP) is 2.89. The molecule has 1 saturated heterocycles. The smallest absolute Gasteiger partial charge is 0.194 e. The number of piperidine rings is 1. The average Bonchev–Trinajstić information content (AvgIpc) is 3.16. The zero-order valence-corrected chi connectivity index (χ0v) is 16.1. The predicted molar refractivity (Wildman–Crippen MR) is 105 cm³/mol. The van der Waals surface area contributed by atoms with Crippen LogP contribution >= 0.6 is 0 Å². The van der Waals surface area contributed by atoms with Gasteiger partial charge < -0.3 is 14.8 Å². The Morgan fingerprint density at radius 3 is 2.77 bits per heavy atom. The van der Waals surface area contributed by atoms with Gasteiger partial charge in [-0.2, -0.15) is 0 Å². The van der Waals surface area contributed by atoms with E-state index in [0.717, 1.165) is 37.8 Å². The van der Waals surface area contributed by atoms with Gasteiger partial charge in [-0.3, -0.25) is 4.99 Å². The van der Waals surface area contributed by atoms with Crippen molar-refractivity contribution in [3.8, 4) is 0 Å². The van der Waals surface area contributed by atoms with E-state index in [4.69, 9.17) is 0 Å². The second-order valence-electron chi connectivity index (χ2n) is 6.85. The van der Waals surface area contributed by atoms with E-state index in [0.29, 0.717) is 18.4 Å². The summed E-state index contributed by atoms with van der Waals surface area (Å²) in [5.41, 5.74) is 1.47. The third-order valence-electron chi connectivity index (χ3n) is 5.44. The van der Waals surface area contributed by atoms with E-state index >= 15 is 0 Å². The van der Waals surface area contributed by atoms with Crippen LogP contribution in [0.25, 0.3) is 0 Å². The summed E-state index contributed by atoms with van der Waals surface area (Å²) in [4.78, 5) is 6.90. The zero-order valence-electron chi connectivity index (χ0n) is 16.1. The van der Waals surface area contributed by atoms with Crippen LogP contribution in [-0.2, 0) is 13.1 Å². The molecule has 1 aliphatic heterocycles. The van der Waals surface area contributed by atoms with Gasteiger partial charge in [0.25, 0.3) is 0 Å². The van der Waals surface area contributed by atoms with Crippen molar-refractivity contribution in [3.05, 3.63) is 48.0 Å². The molecule has 140 valence electrons. The highest BCUT2D eigenvalue weighted by Crippen LogP contribution is 2.34. The molecular formula is C20H30N6. The molecule has 2 unspecified atom stereocenters. The molecule has 0 aliphatic carbocycles. The summed E-state index contributed by atoms with van der Waals surface area (Å²) >= 11 is 0. The highest BCUT2D eigenvalue weighted by molar-refractivity contribution is 5.80. The molecule has 1 aromatic heterocycles. The number of aliphatic imine (C=N–C) groups is 1. The number of benzene rings is 1. The van der Waals surface area contributed by atoms with E-state index in [-0.39, 0.29) is 0 Å². The molecule has 0 radical (unpaired) electrons. The van der Waals surface area contributed by atoms with Crippen molar-refractivity contribution in [3.63, 3.8) is 0 Å². The Kier molecular flexibility index (Phi) is 6.26. The summed E-state index contributed by atoms with van der Waals surface area (Å²) in [7, 11) is 1.86. The van der Waals surface area contributed by atoms with E-state index in [1.807, 2.05) is 7.05 Å². The lowest BCUT2D eigenvalue weighted by atomic mass is 9.79. The summed E-state index contributed by atoms with van der Waals surface area (Å²) in [5, 5.41) is 11.7. The van der Waals surface area contributed by atoms with Crippen LogP contribution in [0, 0.1) is 5.92 Å². The lowest BCUT2D eigenvalue weighted by Crippen LogP contribution is -2.48. The molecule has 1 aromatic carbocycles. The molecule has 2 heterocycles. The Bertz CT molecular complexity index is 708. The number of aromatic nitrogens is 3. The summed E-state index contributed by atoms with van der Waals surface area (Å²) in [6, 6.07) is 10.9. The van der Waals surface area contributed by atoms with Gasteiger partial charge in [-0.05, 0) is 30.7 Å². The van der Waals surface area contributed by atoms with Crippen molar-refractivity contribution in [2.24, 2.45) is 10.9 Å². The molecule has 0 bridgehead atoms. The Hall–Kier alpha value is -2.37.